The first-order valence-corrected chi connectivity index (χ1v) is 5.09. The van der Waals surface area contributed by atoms with Crippen LogP contribution in [0.2, 0.25) is 0 Å². The Morgan fingerprint density at radius 2 is 2.38 bits per heavy atom. The number of nitrogens with two attached hydrogens (primary N) is 1. The zero-order chi connectivity index (χ0) is 11.8. The van der Waals surface area contributed by atoms with E-state index in [1.807, 2.05) is 0 Å². The van der Waals surface area contributed by atoms with Crippen LogP contribution in [0.4, 0.5) is 5.69 Å². The molecule has 0 fully saturated rings. The average molecular weight is 217 g/mol. The molecule has 1 amide bonds. The van der Waals surface area contributed by atoms with E-state index in [9.17, 15) is 4.79 Å². The first-order chi connectivity index (χ1) is 7.72. The van der Waals surface area contributed by atoms with E-state index in [0.717, 1.165) is 0 Å². The predicted molar refractivity (Wildman–Crippen MR) is 63.4 cm³/mol. The zero-order valence-electron chi connectivity index (χ0n) is 9.29. The monoisotopic (exact) mass is 217 g/mol. The van der Waals surface area contributed by atoms with Crippen molar-refractivity contribution in [2.45, 2.75) is 19.8 Å². The van der Waals surface area contributed by atoms with Crippen LogP contribution in [0.15, 0.2) is 18.3 Å². The Labute approximate surface area is 95.3 Å². The van der Waals surface area contributed by atoms with Crippen LogP contribution in [0, 0.1) is 11.8 Å². The van der Waals surface area contributed by atoms with Gasteiger partial charge >= 0.3 is 0 Å². The maximum atomic E-state index is 11.4. The summed E-state index contributed by atoms with van der Waals surface area (Å²) in [7, 11) is 0. The Bertz CT molecular complexity index is 401. The molecule has 0 spiro atoms. The van der Waals surface area contributed by atoms with E-state index in [2.05, 4.69) is 22.1 Å². The van der Waals surface area contributed by atoms with E-state index >= 15 is 0 Å². The van der Waals surface area contributed by atoms with Crippen molar-refractivity contribution in [3.05, 3.63) is 24.0 Å². The minimum atomic E-state index is -0.0461. The van der Waals surface area contributed by atoms with Gasteiger partial charge in [0.25, 0.3) is 0 Å². The third kappa shape index (κ3) is 4.47. The van der Waals surface area contributed by atoms with E-state index in [1.165, 1.54) is 0 Å². The summed E-state index contributed by atoms with van der Waals surface area (Å²) in [5.41, 5.74) is 6.81. The van der Waals surface area contributed by atoms with Gasteiger partial charge in [0.05, 0.1) is 18.3 Å². The highest BCUT2D eigenvalue weighted by molar-refractivity contribution is 5.78. The molecule has 1 rings (SSSR count). The van der Waals surface area contributed by atoms with E-state index in [0.29, 0.717) is 24.3 Å². The molecule has 16 heavy (non-hydrogen) atoms. The van der Waals surface area contributed by atoms with Crippen LogP contribution in [-0.4, -0.2) is 17.4 Å². The number of rotatable bonds is 4. The number of nitrogens with one attached hydrogen (secondary N) is 1. The minimum Gasteiger partial charge on any atom is -0.397 e. The van der Waals surface area contributed by atoms with E-state index in [1.54, 1.807) is 25.3 Å². The molecular weight excluding hydrogens is 202 g/mol. The quantitative estimate of drug-likeness (QED) is 0.577. The van der Waals surface area contributed by atoms with Crippen LogP contribution < -0.4 is 11.1 Å². The van der Waals surface area contributed by atoms with Gasteiger partial charge in [-0.05, 0) is 19.1 Å². The molecule has 0 atom stereocenters. The second-order valence-electron chi connectivity index (χ2n) is 3.29. The lowest BCUT2D eigenvalue weighted by molar-refractivity contribution is -0.120. The zero-order valence-corrected chi connectivity index (χ0v) is 9.29. The first-order valence-electron chi connectivity index (χ1n) is 5.09. The van der Waals surface area contributed by atoms with Crippen molar-refractivity contribution in [2.75, 3.05) is 12.3 Å². The highest BCUT2D eigenvalue weighted by atomic mass is 16.1. The van der Waals surface area contributed by atoms with Crippen molar-refractivity contribution in [1.29, 1.82) is 0 Å². The second kappa shape index (κ2) is 6.46. The van der Waals surface area contributed by atoms with Gasteiger partial charge < -0.3 is 11.1 Å². The number of aromatic nitrogens is 1. The third-order valence-corrected chi connectivity index (χ3v) is 1.94. The molecule has 0 saturated heterocycles. The van der Waals surface area contributed by atoms with Crippen LogP contribution in [-0.2, 0) is 11.2 Å². The van der Waals surface area contributed by atoms with Gasteiger partial charge in [0.15, 0.2) is 0 Å². The third-order valence-electron chi connectivity index (χ3n) is 1.94. The fourth-order valence-electron chi connectivity index (χ4n) is 1.16. The number of amides is 1. The van der Waals surface area contributed by atoms with Crippen LogP contribution >= 0.6 is 0 Å². The van der Waals surface area contributed by atoms with Crippen molar-refractivity contribution in [2.24, 2.45) is 0 Å². The largest absolute Gasteiger partial charge is 0.397 e. The summed E-state index contributed by atoms with van der Waals surface area (Å²) in [6.07, 6.45) is 2.50. The van der Waals surface area contributed by atoms with Crippen molar-refractivity contribution in [1.82, 2.24) is 10.3 Å². The molecule has 1 heterocycles. The summed E-state index contributed by atoms with van der Waals surface area (Å²) in [5.74, 6) is 5.60. The number of anilines is 1. The average Bonchev–Trinajstić information content (AvgIpc) is 2.28. The molecule has 0 aliphatic heterocycles. The van der Waals surface area contributed by atoms with Crippen molar-refractivity contribution < 1.29 is 4.79 Å². The SMILES string of the molecule is CC#CCCNC(=O)Cc1ccc(N)cn1. The van der Waals surface area contributed by atoms with Gasteiger partial charge in [0.2, 0.25) is 5.91 Å². The number of nitrogens with zero attached hydrogens (tertiary/aromatic N) is 1. The Balaban J connectivity index is 2.33. The van der Waals surface area contributed by atoms with Crippen LogP contribution in [0.1, 0.15) is 19.0 Å². The van der Waals surface area contributed by atoms with Crippen molar-refractivity contribution >= 4 is 11.6 Å². The van der Waals surface area contributed by atoms with Gasteiger partial charge in [0, 0.05) is 18.7 Å². The topological polar surface area (TPSA) is 68.0 Å². The summed E-state index contributed by atoms with van der Waals surface area (Å²) in [6.45, 7) is 2.36. The summed E-state index contributed by atoms with van der Waals surface area (Å²) in [6, 6.07) is 3.49. The van der Waals surface area contributed by atoms with E-state index in [-0.39, 0.29) is 12.3 Å². The molecule has 4 nitrogen and oxygen atoms in total. The van der Waals surface area contributed by atoms with Crippen LogP contribution in [0.3, 0.4) is 0 Å². The fourth-order valence-corrected chi connectivity index (χ4v) is 1.16. The lowest BCUT2D eigenvalue weighted by Crippen LogP contribution is -2.26. The first kappa shape index (κ1) is 12.1. The van der Waals surface area contributed by atoms with E-state index in [4.69, 9.17) is 5.73 Å². The molecule has 1 aromatic rings. The molecular formula is C12H15N3O. The molecule has 0 bridgehead atoms. The predicted octanol–water partition coefficient (Wildman–Crippen LogP) is 0.736. The normalized spacial score (nSPS) is 9.06. The molecule has 0 aliphatic rings. The maximum absolute atomic E-state index is 11.4. The number of hydrogen-bond acceptors (Lipinski definition) is 3. The number of carbonyl (C=O) groups is 1. The minimum absolute atomic E-state index is 0.0461. The Morgan fingerprint density at radius 3 is 3.00 bits per heavy atom. The Hall–Kier alpha value is -2.02. The highest BCUT2D eigenvalue weighted by Crippen LogP contribution is 2.01. The fraction of sp³-hybridized carbons (Fsp3) is 0.333. The van der Waals surface area contributed by atoms with Crippen molar-refractivity contribution in [3.8, 4) is 11.8 Å². The number of hydrogen-bond donors (Lipinski definition) is 2. The Kier molecular flexibility index (Phi) is 4.87. The summed E-state index contributed by atoms with van der Waals surface area (Å²) in [5, 5.41) is 2.77. The molecule has 0 saturated carbocycles. The van der Waals surface area contributed by atoms with Gasteiger partial charge in [0.1, 0.15) is 0 Å². The summed E-state index contributed by atoms with van der Waals surface area (Å²) in [4.78, 5) is 15.5. The van der Waals surface area contributed by atoms with Crippen LogP contribution in [0.25, 0.3) is 0 Å². The van der Waals surface area contributed by atoms with Gasteiger partial charge in [-0.3, -0.25) is 9.78 Å². The summed E-state index contributed by atoms with van der Waals surface area (Å²) < 4.78 is 0. The molecule has 84 valence electrons. The lowest BCUT2D eigenvalue weighted by Gasteiger charge is -2.02. The molecule has 0 unspecified atom stereocenters. The maximum Gasteiger partial charge on any atom is 0.226 e. The molecule has 0 aromatic carbocycles. The summed E-state index contributed by atoms with van der Waals surface area (Å²) >= 11 is 0. The number of pyridine rings is 1. The van der Waals surface area contributed by atoms with Crippen molar-refractivity contribution in [3.63, 3.8) is 0 Å². The lowest BCUT2D eigenvalue weighted by atomic mass is 10.2. The molecule has 1 aromatic heterocycles. The smallest absolute Gasteiger partial charge is 0.226 e. The highest BCUT2D eigenvalue weighted by Gasteiger charge is 2.02. The molecule has 3 N–H and O–H groups in total. The Morgan fingerprint density at radius 1 is 1.56 bits per heavy atom. The van der Waals surface area contributed by atoms with Crippen LogP contribution in [0.5, 0.6) is 0 Å². The molecule has 4 heteroatoms. The molecule has 0 radical (unpaired) electrons. The van der Waals surface area contributed by atoms with Gasteiger partial charge in [-0.2, -0.15) is 0 Å². The standard InChI is InChI=1S/C12H15N3O/c1-2-3-4-7-14-12(16)8-11-6-5-10(13)9-15-11/h5-6,9H,4,7-8,13H2,1H3,(H,14,16). The van der Waals surface area contributed by atoms with E-state index < -0.39 is 0 Å². The van der Waals surface area contributed by atoms with Gasteiger partial charge in [-0.25, -0.2) is 0 Å². The molecule has 0 aliphatic carbocycles. The number of nitrogen functional groups attached to an aromatic ring is 1. The van der Waals surface area contributed by atoms with Gasteiger partial charge in [-0.1, -0.05) is 0 Å². The second-order valence-corrected chi connectivity index (χ2v) is 3.29. The number of carbonyl (C=O) groups excluding carboxylic acids is 1. The van der Waals surface area contributed by atoms with Gasteiger partial charge in [-0.15, -0.1) is 11.8 Å².